The van der Waals surface area contributed by atoms with Crippen LogP contribution in [0.5, 0.6) is 11.5 Å². The van der Waals surface area contributed by atoms with Crippen LogP contribution in [-0.4, -0.2) is 69.2 Å². The number of hydrogen-bond donors (Lipinski definition) is 1. The number of amides is 2. The van der Waals surface area contributed by atoms with E-state index in [0.717, 1.165) is 73.4 Å². The first kappa shape index (κ1) is 32.2. The molecule has 2 fully saturated rings. The van der Waals surface area contributed by atoms with Crippen LogP contribution in [0.15, 0.2) is 60.7 Å². The lowest BCUT2D eigenvalue weighted by Gasteiger charge is -2.40. The van der Waals surface area contributed by atoms with Gasteiger partial charge < -0.3 is 29.5 Å². The van der Waals surface area contributed by atoms with E-state index < -0.39 is 0 Å². The van der Waals surface area contributed by atoms with Crippen molar-refractivity contribution in [2.75, 3.05) is 50.1 Å². The van der Waals surface area contributed by atoms with Crippen LogP contribution >= 0.6 is 11.6 Å². The number of halogens is 1. The van der Waals surface area contributed by atoms with E-state index in [1.807, 2.05) is 55.1 Å². The van der Waals surface area contributed by atoms with Crippen molar-refractivity contribution in [3.8, 4) is 11.5 Å². The van der Waals surface area contributed by atoms with Crippen LogP contribution in [0.2, 0.25) is 5.02 Å². The number of methoxy groups -OCH3 is 1. The first-order chi connectivity index (χ1) is 22.2. The van der Waals surface area contributed by atoms with Gasteiger partial charge in [-0.1, -0.05) is 23.7 Å². The predicted octanol–water partition coefficient (Wildman–Crippen LogP) is 6.24. The molecule has 3 aromatic carbocycles. The maximum Gasteiger partial charge on any atom is 0.236 e. The quantitative estimate of drug-likeness (QED) is 0.297. The van der Waals surface area contributed by atoms with E-state index in [4.69, 9.17) is 21.1 Å². The third kappa shape index (κ3) is 6.83. The summed E-state index contributed by atoms with van der Waals surface area (Å²) in [5.41, 5.74) is 4.88. The molecule has 244 valence electrons. The summed E-state index contributed by atoms with van der Waals surface area (Å²) in [5.74, 6) is 2.14. The molecule has 0 aromatic heterocycles. The Balaban J connectivity index is 1.21. The van der Waals surface area contributed by atoms with Gasteiger partial charge in [0.2, 0.25) is 11.8 Å². The Kier molecular flexibility index (Phi) is 9.76. The molecular formula is C37H45ClN4O4. The number of carbonyl (C=O) groups is 2. The van der Waals surface area contributed by atoms with Gasteiger partial charge in [0.1, 0.15) is 0 Å². The van der Waals surface area contributed by atoms with Gasteiger partial charge in [0.15, 0.2) is 11.5 Å². The molecule has 8 nitrogen and oxygen atoms in total. The van der Waals surface area contributed by atoms with Crippen LogP contribution in [0.3, 0.4) is 0 Å². The highest BCUT2D eigenvalue weighted by Gasteiger charge is 2.36. The molecule has 1 aliphatic carbocycles. The maximum atomic E-state index is 13.9. The lowest BCUT2D eigenvalue weighted by atomic mass is 9.84. The Morgan fingerprint density at radius 2 is 1.67 bits per heavy atom. The zero-order chi connectivity index (χ0) is 32.4. The number of hydrogen-bond acceptors (Lipinski definition) is 6. The summed E-state index contributed by atoms with van der Waals surface area (Å²) in [6.07, 6.45) is 4.64. The molecule has 0 radical (unpaired) electrons. The van der Waals surface area contributed by atoms with Crippen molar-refractivity contribution in [3.63, 3.8) is 0 Å². The van der Waals surface area contributed by atoms with Gasteiger partial charge in [-0.25, -0.2) is 0 Å². The van der Waals surface area contributed by atoms with Crippen molar-refractivity contribution >= 4 is 34.8 Å². The Labute approximate surface area is 277 Å². The largest absolute Gasteiger partial charge is 0.493 e. The number of carbonyl (C=O) groups excluding carboxylic acids is 2. The fourth-order valence-corrected chi connectivity index (χ4v) is 7.46. The average Bonchev–Trinajstić information content (AvgIpc) is 3.05. The summed E-state index contributed by atoms with van der Waals surface area (Å²) in [7, 11) is 3.77. The summed E-state index contributed by atoms with van der Waals surface area (Å²) in [6, 6.07) is 20.1. The van der Waals surface area contributed by atoms with E-state index in [0.29, 0.717) is 35.0 Å². The number of ether oxygens (including phenoxy) is 2. The van der Waals surface area contributed by atoms with Gasteiger partial charge in [0, 0.05) is 49.1 Å². The Morgan fingerprint density at radius 1 is 0.957 bits per heavy atom. The molecular weight excluding hydrogens is 600 g/mol. The predicted molar refractivity (Wildman–Crippen MR) is 183 cm³/mol. The molecule has 2 amide bonds. The second-order valence-electron chi connectivity index (χ2n) is 13.1. The normalized spacial score (nSPS) is 21.7. The molecule has 1 N–H and O–H groups in total. The fourth-order valence-electron chi connectivity index (χ4n) is 7.34. The molecule has 2 aliphatic heterocycles. The Morgan fingerprint density at radius 3 is 2.33 bits per heavy atom. The lowest BCUT2D eigenvalue weighted by Crippen LogP contribution is -2.53. The topological polar surface area (TPSA) is 74.4 Å². The molecule has 1 saturated carbocycles. The molecule has 3 aromatic rings. The monoisotopic (exact) mass is 644 g/mol. The van der Waals surface area contributed by atoms with Crippen LogP contribution < -0.4 is 24.6 Å². The van der Waals surface area contributed by atoms with Gasteiger partial charge in [-0.05, 0) is 111 Å². The minimum Gasteiger partial charge on any atom is -0.493 e. The second kappa shape index (κ2) is 13.9. The molecule has 0 spiro atoms. The zero-order valence-corrected chi connectivity index (χ0v) is 28.1. The number of piperazine rings is 1. The van der Waals surface area contributed by atoms with Gasteiger partial charge in [0.05, 0.1) is 32.2 Å². The molecule has 2 heterocycles. The number of rotatable bonds is 9. The number of nitrogens with one attached hydrogen (secondary N) is 1. The average molecular weight is 645 g/mol. The molecule has 1 atom stereocenters. The first-order valence-electron chi connectivity index (χ1n) is 16.5. The lowest BCUT2D eigenvalue weighted by molar-refractivity contribution is -0.135. The van der Waals surface area contributed by atoms with Crippen LogP contribution in [-0.2, 0) is 16.0 Å². The van der Waals surface area contributed by atoms with Crippen LogP contribution in [0, 0.1) is 5.92 Å². The van der Waals surface area contributed by atoms with Crippen molar-refractivity contribution in [1.29, 1.82) is 0 Å². The molecule has 0 unspecified atom stereocenters. The minimum atomic E-state index is -0.352. The van der Waals surface area contributed by atoms with Crippen LogP contribution in [0.1, 0.15) is 62.3 Å². The summed E-state index contributed by atoms with van der Waals surface area (Å²) in [4.78, 5) is 32.6. The minimum absolute atomic E-state index is 0.0212. The van der Waals surface area contributed by atoms with Crippen molar-refractivity contribution in [2.24, 2.45) is 5.92 Å². The van der Waals surface area contributed by atoms with Gasteiger partial charge >= 0.3 is 0 Å². The highest BCUT2D eigenvalue weighted by atomic mass is 35.5. The van der Waals surface area contributed by atoms with E-state index in [1.54, 1.807) is 7.11 Å². The highest BCUT2D eigenvalue weighted by Crippen LogP contribution is 2.44. The van der Waals surface area contributed by atoms with Gasteiger partial charge in [-0.2, -0.15) is 0 Å². The third-order valence-corrected chi connectivity index (χ3v) is 9.87. The third-order valence-electron chi connectivity index (χ3n) is 9.62. The zero-order valence-electron chi connectivity index (χ0n) is 27.3. The van der Waals surface area contributed by atoms with E-state index in [1.165, 1.54) is 0 Å². The Bertz CT molecular complexity index is 1540. The van der Waals surface area contributed by atoms with Gasteiger partial charge in [-0.3, -0.25) is 9.59 Å². The molecule has 9 heteroatoms. The van der Waals surface area contributed by atoms with Gasteiger partial charge in [-0.15, -0.1) is 0 Å². The van der Waals surface area contributed by atoms with E-state index in [-0.39, 0.29) is 30.4 Å². The molecule has 1 saturated heterocycles. The smallest absolute Gasteiger partial charge is 0.236 e. The molecule has 6 rings (SSSR count). The van der Waals surface area contributed by atoms with Crippen molar-refractivity contribution < 1.29 is 19.1 Å². The van der Waals surface area contributed by atoms with Crippen molar-refractivity contribution in [3.05, 3.63) is 82.4 Å². The molecule has 46 heavy (non-hydrogen) atoms. The van der Waals surface area contributed by atoms with Crippen molar-refractivity contribution in [2.45, 2.75) is 64.1 Å². The van der Waals surface area contributed by atoms with E-state index >= 15 is 0 Å². The summed E-state index contributed by atoms with van der Waals surface area (Å²) in [6.45, 7) is 7.13. The number of benzene rings is 3. The second-order valence-corrected chi connectivity index (χ2v) is 13.5. The standard InChI is InChI=1S/C37H45ClN4O4/c1-24(2)46-34-21-32-27(19-33(34)45-4)20-35(43)42(37(32)26-7-9-28(38)10-8-26)31-15-13-29(14-16-31)40(3)23-25-5-11-30(12-6-25)41-18-17-39-22-36(41)44/h7-10,13-16,19,21,24-25,30,37,39H,5-6,11-12,17-18,20,22-23H2,1-4H3/t25-,30-,37-/m0/s1. The summed E-state index contributed by atoms with van der Waals surface area (Å²) < 4.78 is 11.8. The first-order valence-corrected chi connectivity index (χ1v) is 16.9. The number of anilines is 2. The summed E-state index contributed by atoms with van der Waals surface area (Å²) >= 11 is 6.28. The number of nitrogens with zero attached hydrogens (tertiary/aromatic N) is 3. The fraction of sp³-hybridized carbons (Fsp3) is 0.459. The SMILES string of the molecule is COc1cc2c(cc1OC(C)C)[C@H](c1ccc(Cl)cc1)N(c1ccc(N(C)C[C@H]3CC[C@H](N4CCNCC4=O)CC3)cc1)C(=O)C2. The Hall–Kier alpha value is -3.75. The maximum absolute atomic E-state index is 13.9. The highest BCUT2D eigenvalue weighted by molar-refractivity contribution is 6.30. The molecule has 0 bridgehead atoms. The van der Waals surface area contributed by atoms with Gasteiger partial charge in [0.25, 0.3) is 0 Å². The van der Waals surface area contributed by atoms with E-state index in [2.05, 4.69) is 46.4 Å². The van der Waals surface area contributed by atoms with Crippen LogP contribution in [0.4, 0.5) is 11.4 Å². The number of fused-ring (bicyclic) bond motifs is 1. The van der Waals surface area contributed by atoms with Crippen molar-refractivity contribution in [1.82, 2.24) is 10.2 Å². The summed E-state index contributed by atoms with van der Waals surface area (Å²) in [5, 5.41) is 3.83. The van der Waals surface area contributed by atoms with Crippen LogP contribution in [0.25, 0.3) is 0 Å². The van der Waals surface area contributed by atoms with E-state index in [9.17, 15) is 9.59 Å². The molecule has 3 aliphatic rings.